The lowest BCUT2D eigenvalue weighted by Gasteiger charge is -2.12. The van der Waals surface area contributed by atoms with Crippen molar-refractivity contribution < 1.29 is 9.47 Å². The van der Waals surface area contributed by atoms with E-state index in [1.807, 2.05) is 60.7 Å². The topological polar surface area (TPSA) is 66.0 Å². The average Bonchev–Trinajstić information content (AvgIpc) is 2.77. The Morgan fingerprint density at radius 1 is 0.893 bits per heavy atom. The summed E-state index contributed by atoms with van der Waals surface area (Å²) in [6.45, 7) is 0.310. The van der Waals surface area contributed by atoms with Crippen molar-refractivity contribution in [2.45, 2.75) is 6.61 Å². The first-order valence-corrected chi connectivity index (χ1v) is 8.70. The predicted molar refractivity (Wildman–Crippen MR) is 108 cm³/mol. The largest absolute Gasteiger partial charge is 0.496 e. The smallest absolute Gasteiger partial charge is 0.130 e. The van der Waals surface area contributed by atoms with Gasteiger partial charge in [0.25, 0.3) is 0 Å². The summed E-state index contributed by atoms with van der Waals surface area (Å²) in [5.74, 6) is 1.44. The van der Waals surface area contributed by atoms with Gasteiger partial charge >= 0.3 is 0 Å². The molecule has 0 saturated carbocycles. The van der Waals surface area contributed by atoms with Crippen molar-refractivity contribution in [1.82, 2.24) is 0 Å². The van der Waals surface area contributed by atoms with Gasteiger partial charge in [0, 0.05) is 5.56 Å². The minimum Gasteiger partial charge on any atom is -0.496 e. The van der Waals surface area contributed by atoms with Gasteiger partial charge in [0.1, 0.15) is 35.8 Å². The molecule has 0 bridgehead atoms. The van der Waals surface area contributed by atoms with Gasteiger partial charge in [-0.1, -0.05) is 48.5 Å². The van der Waals surface area contributed by atoms with Crippen LogP contribution in [0.15, 0.2) is 78.4 Å². The van der Waals surface area contributed by atoms with Crippen molar-refractivity contribution in [1.29, 1.82) is 10.5 Å². The maximum Gasteiger partial charge on any atom is 0.130 e. The highest BCUT2D eigenvalue weighted by atomic mass is 16.5. The van der Waals surface area contributed by atoms with Crippen LogP contribution in [-0.4, -0.2) is 7.11 Å². The molecule has 0 fully saturated rings. The van der Waals surface area contributed by atoms with Crippen molar-refractivity contribution in [3.8, 4) is 34.8 Å². The standard InChI is InChI=1S/C24H18N2O2/c1-27-24-12-7-18(13-19(15-25)16-26)14-22(24)17-28-23-10-8-21(9-11-23)20-5-3-2-4-6-20/h2-14H,17H2,1H3. The van der Waals surface area contributed by atoms with E-state index >= 15 is 0 Å². The minimum atomic E-state index is 0.0496. The molecule has 0 aliphatic rings. The average molecular weight is 366 g/mol. The zero-order valence-corrected chi connectivity index (χ0v) is 15.4. The fourth-order valence-corrected chi connectivity index (χ4v) is 2.79. The Morgan fingerprint density at radius 2 is 1.57 bits per heavy atom. The van der Waals surface area contributed by atoms with Gasteiger partial charge < -0.3 is 9.47 Å². The maximum absolute atomic E-state index is 8.92. The minimum absolute atomic E-state index is 0.0496. The molecule has 0 spiro atoms. The Morgan fingerprint density at radius 3 is 2.21 bits per heavy atom. The molecule has 3 aromatic carbocycles. The zero-order valence-electron chi connectivity index (χ0n) is 15.4. The molecule has 3 rings (SSSR count). The van der Waals surface area contributed by atoms with E-state index in [0.29, 0.717) is 12.4 Å². The molecule has 0 amide bonds. The lowest BCUT2D eigenvalue weighted by Crippen LogP contribution is -1.99. The normalized spacial score (nSPS) is 9.68. The van der Waals surface area contributed by atoms with E-state index in [1.54, 1.807) is 19.2 Å². The summed E-state index contributed by atoms with van der Waals surface area (Å²) in [5, 5.41) is 17.8. The van der Waals surface area contributed by atoms with Crippen LogP contribution in [0.1, 0.15) is 11.1 Å². The second-order valence-corrected chi connectivity index (χ2v) is 6.03. The zero-order chi connectivity index (χ0) is 19.8. The molecule has 0 N–H and O–H groups in total. The van der Waals surface area contributed by atoms with Crippen molar-refractivity contribution in [2.75, 3.05) is 7.11 Å². The Labute approximate surface area is 164 Å². The van der Waals surface area contributed by atoms with E-state index in [1.165, 1.54) is 6.08 Å². The van der Waals surface area contributed by atoms with Crippen molar-refractivity contribution >= 4 is 6.08 Å². The Kier molecular flexibility index (Phi) is 6.08. The highest BCUT2D eigenvalue weighted by Crippen LogP contribution is 2.25. The molecule has 0 aliphatic heterocycles. The lowest BCUT2D eigenvalue weighted by molar-refractivity contribution is 0.296. The van der Waals surface area contributed by atoms with E-state index in [2.05, 4.69) is 12.1 Å². The van der Waals surface area contributed by atoms with E-state index in [9.17, 15) is 0 Å². The number of nitrogens with zero attached hydrogens (tertiary/aromatic N) is 2. The fraction of sp³-hybridized carbons (Fsp3) is 0.0833. The molecule has 0 aromatic heterocycles. The van der Waals surface area contributed by atoms with E-state index < -0.39 is 0 Å². The Hall–Kier alpha value is -4.02. The van der Waals surface area contributed by atoms with Crippen LogP contribution in [0.5, 0.6) is 11.5 Å². The second kappa shape index (κ2) is 9.07. The molecule has 0 saturated heterocycles. The van der Waals surface area contributed by atoms with Crippen LogP contribution in [0, 0.1) is 22.7 Å². The number of benzene rings is 3. The monoisotopic (exact) mass is 366 g/mol. The van der Waals surface area contributed by atoms with Crippen LogP contribution in [0.4, 0.5) is 0 Å². The number of hydrogen-bond donors (Lipinski definition) is 0. The molecule has 136 valence electrons. The van der Waals surface area contributed by atoms with Crippen molar-refractivity contribution in [2.24, 2.45) is 0 Å². The van der Waals surface area contributed by atoms with Gasteiger partial charge in [0.05, 0.1) is 7.11 Å². The number of ether oxygens (including phenoxy) is 2. The second-order valence-electron chi connectivity index (χ2n) is 6.03. The van der Waals surface area contributed by atoms with E-state index in [4.69, 9.17) is 20.0 Å². The molecule has 28 heavy (non-hydrogen) atoms. The molecule has 0 atom stereocenters. The summed E-state index contributed by atoms with van der Waals surface area (Å²) in [6.07, 6.45) is 1.54. The number of hydrogen-bond acceptors (Lipinski definition) is 4. The maximum atomic E-state index is 8.92. The van der Waals surface area contributed by atoms with Crippen LogP contribution >= 0.6 is 0 Å². The molecule has 4 nitrogen and oxygen atoms in total. The van der Waals surface area contributed by atoms with Gasteiger partial charge in [0.2, 0.25) is 0 Å². The van der Waals surface area contributed by atoms with Crippen LogP contribution in [0.2, 0.25) is 0 Å². The SMILES string of the molecule is COc1ccc(C=C(C#N)C#N)cc1COc1ccc(-c2ccccc2)cc1. The molecular formula is C24H18N2O2. The third kappa shape index (κ3) is 4.58. The van der Waals surface area contributed by atoms with Gasteiger partial charge in [-0.2, -0.15) is 10.5 Å². The summed E-state index contributed by atoms with van der Waals surface area (Å²) in [6, 6.07) is 27.2. The summed E-state index contributed by atoms with van der Waals surface area (Å²) in [5.41, 5.74) is 3.91. The number of nitriles is 2. The van der Waals surface area contributed by atoms with E-state index in [-0.39, 0.29) is 5.57 Å². The summed E-state index contributed by atoms with van der Waals surface area (Å²) >= 11 is 0. The highest BCUT2D eigenvalue weighted by molar-refractivity contribution is 5.64. The third-order valence-corrected chi connectivity index (χ3v) is 4.21. The lowest BCUT2D eigenvalue weighted by atomic mass is 10.1. The summed E-state index contributed by atoms with van der Waals surface area (Å²) < 4.78 is 11.3. The highest BCUT2D eigenvalue weighted by Gasteiger charge is 2.06. The summed E-state index contributed by atoms with van der Waals surface area (Å²) in [7, 11) is 1.60. The Bertz CT molecular complexity index is 1040. The number of allylic oxidation sites excluding steroid dienone is 1. The molecule has 0 unspecified atom stereocenters. The fourth-order valence-electron chi connectivity index (χ4n) is 2.79. The van der Waals surface area contributed by atoms with Gasteiger partial charge in [-0.3, -0.25) is 0 Å². The van der Waals surface area contributed by atoms with E-state index in [0.717, 1.165) is 28.0 Å². The third-order valence-electron chi connectivity index (χ3n) is 4.21. The van der Waals surface area contributed by atoms with Gasteiger partial charge in [-0.05, 0) is 47.0 Å². The molecule has 0 aliphatic carbocycles. The van der Waals surface area contributed by atoms with Crippen molar-refractivity contribution in [3.63, 3.8) is 0 Å². The van der Waals surface area contributed by atoms with Crippen LogP contribution in [-0.2, 0) is 6.61 Å². The number of methoxy groups -OCH3 is 1. The first-order chi connectivity index (χ1) is 13.7. The molecular weight excluding hydrogens is 348 g/mol. The van der Waals surface area contributed by atoms with Crippen LogP contribution in [0.3, 0.4) is 0 Å². The van der Waals surface area contributed by atoms with Gasteiger partial charge in [0.15, 0.2) is 0 Å². The Balaban J connectivity index is 1.76. The predicted octanol–water partition coefficient (Wildman–Crippen LogP) is 5.37. The van der Waals surface area contributed by atoms with Crippen LogP contribution < -0.4 is 9.47 Å². The molecule has 4 heteroatoms. The molecule has 0 radical (unpaired) electrons. The first-order valence-electron chi connectivity index (χ1n) is 8.70. The van der Waals surface area contributed by atoms with Gasteiger partial charge in [-0.25, -0.2) is 0 Å². The van der Waals surface area contributed by atoms with Gasteiger partial charge in [-0.15, -0.1) is 0 Å². The first kappa shape index (κ1) is 18.8. The number of rotatable bonds is 6. The molecule has 0 heterocycles. The quantitative estimate of drug-likeness (QED) is 0.550. The van der Waals surface area contributed by atoms with Crippen molar-refractivity contribution in [3.05, 3.63) is 89.5 Å². The van der Waals surface area contributed by atoms with Crippen LogP contribution in [0.25, 0.3) is 17.2 Å². The summed E-state index contributed by atoms with van der Waals surface area (Å²) in [4.78, 5) is 0. The molecule has 3 aromatic rings.